The summed E-state index contributed by atoms with van der Waals surface area (Å²) >= 11 is 5.09. The van der Waals surface area contributed by atoms with Crippen molar-refractivity contribution in [3.63, 3.8) is 0 Å². The van der Waals surface area contributed by atoms with Gasteiger partial charge in [-0.2, -0.15) is 0 Å². The number of nitrogens with one attached hydrogen (secondary N) is 2. The number of ether oxygens (including phenoxy) is 1. The van der Waals surface area contributed by atoms with Crippen LogP contribution in [0.1, 0.15) is 18.9 Å². The topological polar surface area (TPSA) is 33.3 Å². The first-order chi connectivity index (χ1) is 9.61. The summed E-state index contributed by atoms with van der Waals surface area (Å²) in [5.74, 6) is -1.12. The molecule has 112 valence electrons. The van der Waals surface area contributed by atoms with Crippen molar-refractivity contribution < 1.29 is 13.5 Å². The molecule has 0 atom stereocenters. The van der Waals surface area contributed by atoms with Crippen molar-refractivity contribution in [2.24, 2.45) is 0 Å². The van der Waals surface area contributed by atoms with Gasteiger partial charge in [-0.25, -0.2) is 8.78 Å². The Hall–Kier alpha value is -1.27. The average molecular weight is 302 g/mol. The number of halogens is 2. The zero-order valence-corrected chi connectivity index (χ0v) is 12.4. The molecule has 0 bridgehead atoms. The third kappa shape index (κ3) is 7.35. The molecule has 0 aromatic heterocycles. The van der Waals surface area contributed by atoms with E-state index in [1.54, 1.807) is 0 Å². The molecule has 0 saturated heterocycles. The molecule has 0 aliphatic carbocycles. The second-order valence-corrected chi connectivity index (χ2v) is 4.67. The number of rotatable bonds is 8. The summed E-state index contributed by atoms with van der Waals surface area (Å²) in [5.41, 5.74) is 0.606. The lowest BCUT2D eigenvalue weighted by Crippen LogP contribution is -2.37. The fourth-order valence-corrected chi connectivity index (χ4v) is 1.86. The molecule has 0 fully saturated rings. The molecule has 0 spiro atoms. The maximum absolute atomic E-state index is 13.0. The van der Waals surface area contributed by atoms with E-state index in [-0.39, 0.29) is 0 Å². The van der Waals surface area contributed by atoms with E-state index < -0.39 is 11.6 Å². The predicted molar refractivity (Wildman–Crippen MR) is 79.8 cm³/mol. The molecule has 0 saturated carbocycles. The van der Waals surface area contributed by atoms with Crippen molar-refractivity contribution in [2.75, 3.05) is 26.3 Å². The third-order valence-electron chi connectivity index (χ3n) is 2.58. The monoisotopic (exact) mass is 302 g/mol. The van der Waals surface area contributed by atoms with Crippen LogP contribution in [0, 0.1) is 11.6 Å². The van der Waals surface area contributed by atoms with Crippen LogP contribution < -0.4 is 10.6 Å². The highest BCUT2D eigenvalue weighted by atomic mass is 32.1. The van der Waals surface area contributed by atoms with Crippen LogP contribution in [0.25, 0.3) is 0 Å². The van der Waals surface area contributed by atoms with Crippen molar-refractivity contribution in [2.45, 2.75) is 19.8 Å². The van der Waals surface area contributed by atoms with Crippen LogP contribution >= 0.6 is 12.2 Å². The minimum absolute atomic E-state index is 0.509. The van der Waals surface area contributed by atoms with Crippen LogP contribution in [0.3, 0.4) is 0 Å². The van der Waals surface area contributed by atoms with Gasteiger partial charge in [0.05, 0.1) is 0 Å². The Bertz CT molecular complexity index is 409. The van der Waals surface area contributed by atoms with Crippen LogP contribution in [-0.4, -0.2) is 31.4 Å². The zero-order valence-electron chi connectivity index (χ0n) is 11.5. The van der Waals surface area contributed by atoms with Crippen LogP contribution in [0.5, 0.6) is 0 Å². The van der Waals surface area contributed by atoms with E-state index in [1.165, 1.54) is 12.1 Å². The number of hydrogen-bond donors (Lipinski definition) is 2. The van der Waals surface area contributed by atoms with E-state index in [1.807, 2.05) is 6.92 Å². The number of benzene rings is 1. The van der Waals surface area contributed by atoms with E-state index in [4.69, 9.17) is 17.0 Å². The van der Waals surface area contributed by atoms with E-state index in [0.29, 0.717) is 36.9 Å². The highest BCUT2D eigenvalue weighted by Gasteiger charge is 2.01. The first-order valence-electron chi connectivity index (χ1n) is 6.66. The minimum atomic E-state index is -0.559. The molecule has 0 radical (unpaired) electrons. The van der Waals surface area contributed by atoms with Gasteiger partial charge in [-0.3, -0.25) is 0 Å². The first kappa shape index (κ1) is 16.8. The summed E-state index contributed by atoms with van der Waals surface area (Å²) in [6.07, 6.45) is 1.39. The Morgan fingerprint density at radius 3 is 2.45 bits per heavy atom. The average Bonchev–Trinajstić information content (AvgIpc) is 2.37. The largest absolute Gasteiger partial charge is 0.382 e. The van der Waals surface area contributed by atoms with Gasteiger partial charge in [0.1, 0.15) is 11.6 Å². The third-order valence-corrected chi connectivity index (χ3v) is 2.87. The Balaban J connectivity index is 2.15. The second kappa shape index (κ2) is 9.61. The molecule has 1 aromatic carbocycles. The van der Waals surface area contributed by atoms with E-state index in [9.17, 15) is 8.78 Å². The van der Waals surface area contributed by atoms with Gasteiger partial charge in [0.25, 0.3) is 0 Å². The van der Waals surface area contributed by atoms with E-state index >= 15 is 0 Å². The van der Waals surface area contributed by atoms with Crippen molar-refractivity contribution in [1.29, 1.82) is 0 Å². The fraction of sp³-hybridized carbons (Fsp3) is 0.500. The van der Waals surface area contributed by atoms with E-state index in [0.717, 1.165) is 19.0 Å². The minimum Gasteiger partial charge on any atom is -0.382 e. The van der Waals surface area contributed by atoms with Gasteiger partial charge in [-0.1, -0.05) is 0 Å². The molecular weight excluding hydrogens is 282 g/mol. The summed E-state index contributed by atoms with van der Waals surface area (Å²) in [6.45, 7) is 4.64. The smallest absolute Gasteiger partial charge is 0.166 e. The maximum Gasteiger partial charge on any atom is 0.166 e. The molecule has 6 heteroatoms. The van der Waals surface area contributed by atoms with Gasteiger partial charge in [0.2, 0.25) is 0 Å². The van der Waals surface area contributed by atoms with Crippen molar-refractivity contribution in [3.05, 3.63) is 35.4 Å². The molecule has 1 aromatic rings. The fourth-order valence-electron chi connectivity index (χ4n) is 1.66. The predicted octanol–water partition coefficient (Wildman–Crippen LogP) is 2.40. The molecule has 0 aliphatic rings. The van der Waals surface area contributed by atoms with Crippen molar-refractivity contribution in [3.8, 4) is 0 Å². The molecule has 0 unspecified atom stereocenters. The second-order valence-electron chi connectivity index (χ2n) is 4.26. The van der Waals surface area contributed by atoms with Crippen LogP contribution in [0.15, 0.2) is 18.2 Å². The molecule has 1 rings (SSSR count). The number of hydrogen-bond acceptors (Lipinski definition) is 2. The lowest BCUT2D eigenvalue weighted by Gasteiger charge is -2.10. The molecule has 0 heterocycles. The molecule has 3 nitrogen and oxygen atoms in total. The highest BCUT2D eigenvalue weighted by Crippen LogP contribution is 2.07. The quantitative estimate of drug-likeness (QED) is 0.571. The standard InChI is InChI=1S/C14H20F2N2OS/c1-2-19-7-3-5-17-14(20)18-6-4-11-8-12(15)10-13(16)9-11/h8-10H,2-7H2,1H3,(H2,17,18,20). The zero-order chi connectivity index (χ0) is 14.8. The lowest BCUT2D eigenvalue weighted by molar-refractivity contribution is 0.145. The highest BCUT2D eigenvalue weighted by molar-refractivity contribution is 7.80. The Morgan fingerprint density at radius 1 is 1.15 bits per heavy atom. The van der Waals surface area contributed by atoms with Crippen LogP contribution in [0.2, 0.25) is 0 Å². The van der Waals surface area contributed by atoms with Crippen molar-refractivity contribution >= 4 is 17.3 Å². The number of thiocarbonyl (C=S) groups is 1. The van der Waals surface area contributed by atoms with Crippen LogP contribution in [-0.2, 0) is 11.2 Å². The van der Waals surface area contributed by atoms with E-state index in [2.05, 4.69) is 10.6 Å². The Morgan fingerprint density at radius 2 is 1.80 bits per heavy atom. The SMILES string of the molecule is CCOCCCNC(=S)NCCc1cc(F)cc(F)c1. The molecule has 0 aliphatic heterocycles. The summed E-state index contributed by atoms with van der Waals surface area (Å²) in [6, 6.07) is 3.51. The van der Waals surface area contributed by atoms with Gasteiger partial charge < -0.3 is 15.4 Å². The van der Waals surface area contributed by atoms with Gasteiger partial charge in [0, 0.05) is 32.4 Å². The normalized spacial score (nSPS) is 10.3. The molecule has 2 N–H and O–H groups in total. The van der Waals surface area contributed by atoms with Gasteiger partial charge in [-0.15, -0.1) is 0 Å². The summed E-state index contributed by atoms with van der Waals surface area (Å²) in [4.78, 5) is 0. The van der Waals surface area contributed by atoms with Crippen molar-refractivity contribution in [1.82, 2.24) is 10.6 Å². The molecular formula is C14H20F2N2OS. The van der Waals surface area contributed by atoms with Gasteiger partial charge in [0.15, 0.2) is 5.11 Å². The first-order valence-corrected chi connectivity index (χ1v) is 7.07. The maximum atomic E-state index is 13.0. The molecule has 0 amide bonds. The van der Waals surface area contributed by atoms with Gasteiger partial charge in [-0.05, 0) is 49.7 Å². The summed E-state index contributed by atoms with van der Waals surface area (Å²) in [7, 11) is 0. The lowest BCUT2D eigenvalue weighted by atomic mass is 10.1. The van der Waals surface area contributed by atoms with Crippen LogP contribution in [0.4, 0.5) is 8.78 Å². The Kier molecular flexibility index (Phi) is 8.06. The Labute approximate surface area is 123 Å². The molecule has 20 heavy (non-hydrogen) atoms. The summed E-state index contributed by atoms with van der Waals surface area (Å²) in [5, 5.41) is 6.58. The van der Waals surface area contributed by atoms with Gasteiger partial charge >= 0.3 is 0 Å². The summed E-state index contributed by atoms with van der Waals surface area (Å²) < 4.78 is 31.1.